The first-order valence-corrected chi connectivity index (χ1v) is 9.54. The van der Waals surface area contributed by atoms with Gasteiger partial charge in [-0.2, -0.15) is 0 Å². The van der Waals surface area contributed by atoms with Gasteiger partial charge in [0, 0.05) is 37.0 Å². The van der Waals surface area contributed by atoms with Gasteiger partial charge in [-0.1, -0.05) is 35.5 Å². The third-order valence-corrected chi connectivity index (χ3v) is 4.83. The number of carbonyl (C=O) groups excluding carboxylic acids is 1. The average molecular weight is 395 g/mol. The van der Waals surface area contributed by atoms with Crippen LogP contribution >= 0.6 is 0 Å². The molecule has 7 heteroatoms. The predicted octanol–water partition coefficient (Wildman–Crippen LogP) is 3.90. The zero-order chi connectivity index (χ0) is 21.0. The van der Waals surface area contributed by atoms with E-state index in [0.29, 0.717) is 36.7 Å². The number of hydrogen-bond donors (Lipinski definition) is 1. The minimum atomic E-state index is -0.864. The van der Waals surface area contributed by atoms with Gasteiger partial charge in [0.15, 0.2) is 5.82 Å². The van der Waals surface area contributed by atoms with Crippen LogP contribution in [-0.4, -0.2) is 38.2 Å². The summed E-state index contributed by atoms with van der Waals surface area (Å²) < 4.78 is 7.07. The number of carbonyl (C=O) groups is 2. The lowest BCUT2D eigenvalue weighted by Crippen LogP contribution is -2.32. The van der Waals surface area contributed by atoms with E-state index in [9.17, 15) is 9.59 Å². The Kier molecular flexibility index (Phi) is 6.16. The maximum atomic E-state index is 13.4. The van der Waals surface area contributed by atoms with E-state index in [-0.39, 0.29) is 12.3 Å². The zero-order valence-corrected chi connectivity index (χ0v) is 16.9. The average Bonchev–Trinajstić information content (AvgIpc) is 3.23. The standard InChI is InChI=1S/C22H25N3O4/c1-15-12-19(17(3)25(15)20-13-16(2)29-23-20)22(28)24(11-7-10-21(26)27)14-18-8-5-4-6-9-18/h4-6,8-9,12-13H,7,10-11,14H2,1-3H3,(H,26,27). The molecule has 0 saturated carbocycles. The highest BCUT2D eigenvalue weighted by atomic mass is 16.5. The number of amides is 1. The Morgan fingerprint density at radius 2 is 1.86 bits per heavy atom. The molecular formula is C22H25N3O4. The molecule has 0 unspecified atom stereocenters. The van der Waals surface area contributed by atoms with Crippen molar-refractivity contribution in [3.63, 3.8) is 0 Å². The maximum Gasteiger partial charge on any atom is 0.303 e. The molecule has 0 saturated heterocycles. The second kappa shape index (κ2) is 8.77. The Labute approximate surface area is 169 Å². The van der Waals surface area contributed by atoms with E-state index in [0.717, 1.165) is 17.0 Å². The molecule has 0 atom stereocenters. The predicted molar refractivity (Wildman–Crippen MR) is 108 cm³/mol. The summed E-state index contributed by atoms with van der Waals surface area (Å²) in [6.07, 6.45) is 0.422. The van der Waals surface area contributed by atoms with E-state index in [4.69, 9.17) is 9.63 Å². The van der Waals surface area contributed by atoms with E-state index >= 15 is 0 Å². The molecule has 0 aliphatic carbocycles. The van der Waals surface area contributed by atoms with Crippen LogP contribution in [0.25, 0.3) is 5.82 Å². The lowest BCUT2D eigenvalue weighted by Gasteiger charge is -2.23. The van der Waals surface area contributed by atoms with Gasteiger partial charge in [0.1, 0.15) is 5.76 Å². The van der Waals surface area contributed by atoms with Crippen molar-refractivity contribution in [2.24, 2.45) is 0 Å². The molecule has 0 aliphatic rings. The molecule has 0 fully saturated rings. The van der Waals surface area contributed by atoms with E-state index in [1.807, 2.05) is 67.8 Å². The number of carboxylic acid groups (broad SMARTS) is 1. The minimum absolute atomic E-state index is 0.0236. The van der Waals surface area contributed by atoms with Crippen LogP contribution in [-0.2, 0) is 11.3 Å². The van der Waals surface area contributed by atoms with E-state index < -0.39 is 5.97 Å². The summed E-state index contributed by atoms with van der Waals surface area (Å²) >= 11 is 0. The molecule has 2 heterocycles. The van der Waals surface area contributed by atoms with Crippen molar-refractivity contribution < 1.29 is 19.2 Å². The molecule has 1 N–H and O–H groups in total. The molecular weight excluding hydrogens is 370 g/mol. The quantitative estimate of drug-likeness (QED) is 0.625. The van der Waals surface area contributed by atoms with Crippen LogP contribution < -0.4 is 0 Å². The molecule has 3 aromatic rings. The van der Waals surface area contributed by atoms with Crippen LogP contribution in [0.4, 0.5) is 0 Å². The number of hydrogen-bond acceptors (Lipinski definition) is 4. The fourth-order valence-corrected chi connectivity index (χ4v) is 3.44. The van der Waals surface area contributed by atoms with Crippen molar-refractivity contribution in [3.05, 3.63) is 70.7 Å². The Hall–Kier alpha value is -3.35. The first-order chi connectivity index (χ1) is 13.9. The molecule has 0 radical (unpaired) electrons. The lowest BCUT2D eigenvalue weighted by molar-refractivity contribution is -0.137. The van der Waals surface area contributed by atoms with Gasteiger partial charge in [0.2, 0.25) is 0 Å². The number of aromatic nitrogens is 2. The van der Waals surface area contributed by atoms with Gasteiger partial charge in [0.25, 0.3) is 5.91 Å². The van der Waals surface area contributed by atoms with E-state index in [1.54, 1.807) is 4.90 Å². The van der Waals surface area contributed by atoms with E-state index in [1.165, 1.54) is 0 Å². The number of benzene rings is 1. The van der Waals surface area contributed by atoms with Crippen molar-refractivity contribution in [2.75, 3.05) is 6.54 Å². The molecule has 152 valence electrons. The minimum Gasteiger partial charge on any atom is -0.481 e. The molecule has 1 amide bonds. The summed E-state index contributed by atoms with van der Waals surface area (Å²) in [5.74, 6) is 0.340. The summed E-state index contributed by atoms with van der Waals surface area (Å²) in [4.78, 5) is 26.0. The normalized spacial score (nSPS) is 10.9. The lowest BCUT2D eigenvalue weighted by atomic mass is 10.1. The van der Waals surface area contributed by atoms with Gasteiger partial charge in [-0.05, 0) is 38.8 Å². The SMILES string of the molecule is Cc1cc(-n2c(C)cc(C(=O)N(CCCC(=O)O)Cc3ccccc3)c2C)no1. The summed E-state index contributed by atoms with van der Waals surface area (Å²) in [5.41, 5.74) is 3.23. The highest BCUT2D eigenvalue weighted by Gasteiger charge is 2.23. The third-order valence-electron chi connectivity index (χ3n) is 4.83. The third kappa shape index (κ3) is 4.74. The Bertz CT molecular complexity index is 1000. The molecule has 29 heavy (non-hydrogen) atoms. The molecule has 0 bridgehead atoms. The van der Waals surface area contributed by atoms with Crippen molar-refractivity contribution in [2.45, 2.75) is 40.2 Å². The smallest absolute Gasteiger partial charge is 0.303 e. The highest BCUT2D eigenvalue weighted by molar-refractivity contribution is 5.96. The van der Waals surface area contributed by atoms with Gasteiger partial charge in [-0.3, -0.25) is 14.2 Å². The largest absolute Gasteiger partial charge is 0.481 e. The molecule has 2 aromatic heterocycles. The van der Waals surface area contributed by atoms with Crippen molar-refractivity contribution in [3.8, 4) is 5.82 Å². The number of aryl methyl sites for hydroxylation is 2. The van der Waals surface area contributed by atoms with Crippen LogP contribution in [0, 0.1) is 20.8 Å². The van der Waals surface area contributed by atoms with Crippen LogP contribution in [0.5, 0.6) is 0 Å². The number of nitrogens with zero attached hydrogens (tertiary/aromatic N) is 3. The molecule has 1 aromatic carbocycles. The van der Waals surface area contributed by atoms with E-state index in [2.05, 4.69) is 5.16 Å². The van der Waals surface area contributed by atoms with Crippen LogP contribution in [0.2, 0.25) is 0 Å². The summed E-state index contributed by atoms with van der Waals surface area (Å²) in [5, 5.41) is 13.0. The molecule has 3 rings (SSSR count). The highest BCUT2D eigenvalue weighted by Crippen LogP contribution is 2.23. The molecule has 0 spiro atoms. The van der Waals surface area contributed by atoms with Gasteiger partial charge >= 0.3 is 5.97 Å². The monoisotopic (exact) mass is 395 g/mol. The fraction of sp³-hybridized carbons (Fsp3) is 0.318. The Morgan fingerprint density at radius 1 is 1.14 bits per heavy atom. The van der Waals surface area contributed by atoms with Gasteiger partial charge in [-0.15, -0.1) is 0 Å². The summed E-state index contributed by atoms with van der Waals surface area (Å²) in [7, 11) is 0. The zero-order valence-electron chi connectivity index (χ0n) is 16.9. The topological polar surface area (TPSA) is 88.6 Å². The fourth-order valence-electron chi connectivity index (χ4n) is 3.44. The van der Waals surface area contributed by atoms with Gasteiger partial charge in [0.05, 0.1) is 5.56 Å². The number of rotatable bonds is 8. The summed E-state index contributed by atoms with van der Waals surface area (Å²) in [6.45, 7) is 6.40. The van der Waals surface area contributed by atoms with Gasteiger partial charge < -0.3 is 14.5 Å². The molecule has 7 nitrogen and oxygen atoms in total. The number of carboxylic acids is 1. The summed E-state index contributed by atoms with van der Waals surface area (Å²) in [6, 6.07) is 13.4. The van der Waals surface area contributed by atoms with Gasteiger partial charge in [-0.25, -0.2) is 0 Å². The van der Waals surface area contributed by atoms with Crippen LogP contribution in [0.1, 0.15) is 45.9 Å². The maximum absolute atomic E-state index is 13.4. The first-order valence-electron chi connectivity index (χ1n) is 9.54. The van der Waals surface area contributed by atoms with Crippen molar-refractivity contribution in [1.29, 1.82) is 0 Å². The molecule has 0 aliphatic heterocycles. The first kappa shape index (κ1) is 20.4. The van der Waals surface area contributed by atoms with Crippen LogP contribution in [0.3, 0.4) is 0 Å². The Balaban J connectivity index is 1.89. The number of aliphatic carboxylic acids is 1. The second-order valence-electron chi connectivity index (χ2n) is 7.13. The second-order valence-corrected chi connectivity index (χ2v) is 7.13. The van der Waals surface area contributed by atoms with Crippen molar-refractivity contribution in [1.82, 2.24) is 14.6 Å². The van der Waals surface area contributed by atoms with Crippen molar-refractivity contribution >= 4 is 11.9 Å². The Morgan fingerprint density at radius 3 is 2.48 bits per heavy atom. The van der Waals surface area contributed by atoms with Crippen LogP contribution in [0.15, 0.2) is 47.0 Å².